The molecule has 25 heavy (non-hydrogen) atoms. The average molecular weight is 378 g/mol. The number of amides is 1. The molecule has 4 nitrogen and oxygen atoms in total. The van der Waals surface area contributed by atoms with Crippen molar-refractivity contribution in [3.05, 3.63) is 75.8 Å². The van der Waals surface area contributed by atoms with Crippen molar-refractivity contribution >= 4 is 41.2 Å². The molecule has 0 saturated heterocycles. The Morgan fingerprint density at radius 1 is 1.08 bits per heavy atom. The van der Waals surface area contributed by atoms with Crippen LogP contribution >= 0.6 is 23.2 Å². The van der Waals surface area contributed by atoms with E-state index in [1.807, 2.05) is 18.2 Å². The van der Waals surface area contributed by atoms with Crippen molar-refractivity contribution in [3.8, 4) is 0 Å². The summed E-state index contributed by atoms with van der Waals surface area (Å²) in [6, 6.07) is 14.0. The van der Waals surface area contributed by atoms with Crippen LogP contribution in [-0.4, -0.2) is 18.5 Å². The lowest BCUT2D eigenvalue weighted by molar-refractivity contribution is -0.144. The fourth-order valence-electron chi connectivity index (χ4n) is 2.14. The SMILES string of the molecule is C[C@H](NC(=O)COC(=O)/C=C/c1ccccc1Cl)c1ccccc1Cl. The van der Waals surface area contributed by atoms with Gasteiger partial charge in [0, 0.05) is 16.1 Å². The lowest BCUT2D eigenvalue weighted by Gasteiger charge is -2.15. The number of esters is 1. The number of rotatable bonds is 6. The van der Waals surface area contributed by atoms with E-state index in [0.717, 1.165) is 5.56 Å². The van der Waals surface area contributed by atoms with Crippen molar-refractivity contribution < 1.29 is 14.3 Å². The smallest absolute Gasteiger partial charge is 0.331 e. The van der Waals surface area contributed by atoms with Gasteiger partial charge in [0.25, 0.3) is 5.91 Å². The molecule has 2 aromatic rings. The summed E-state index contributed by atoms with van der Waals surface area (Å²) in [4.78, 5) is 23.6. The Morgan fingerprint density at radius 3 is 2.40 bits per heavy atom. The zero-order valence-corrected chi connectivity index (χ0v) is 15.1. The largest absolute Gasteiger partial charge is 0.452 e. The molecule has 2 aromatic carbocycles. The van der Waals surface area contributed by atoms with Gasteiger partial charge in [0.1, 0.15) is 0 Å². The fourth-order valence-corrected chi connectivity index (χ4v) is 2.64. The maximum atomic E-state index is 11.9. The highest BCUT2D eigenvalue weighted by molar-refractivity contribution is 6.32. The van der Waals surface area contributed by atoms with E-state index in [0.29, 0.717) is 15.6 Å². The number of hydrogen-bond acceptors (Lipinski definition) is 3. The predicted molar refractivity (Wildman–Crippen MR) is 99.5 cm³/mol. The quantitative estimate of drug-likeness (QED) is 0.598. The van der Waals surface area contributed by atoms with Crippen LogP contribution in [0.3, 0.4) is 0 Å². The third-order valence-corrected chi connectivity index (χ3v) is 4.09. The average Bonchev–Trinajstić information content (AvgIpc) is 2.59. The van der Waals surface area contributed by atoms with Crippen LogP contribution in [0.4, 0.5) is 0 Å². The molecular weight excluding hydrogens is 361 g/mol. The zero-order chi connectivity index (χ0) is 18.2. The second-order valence-electron chi connectivity index (χ2n) is 5.27. The molecule has 6 heteroatoms. The Balaban J connectivity index is 1.82. The normalized spacial score (nSPS) is 12.0. The van der Waals surface area contributed by atoms with E-state index in [2.05, 4.69) is 5.32 Å². The summed E-state index contributed by atoms with van der Waals surface area (Å²) in [6.07, 6.45) is 2.76. The Bertz CT molecular complexity index is 790. The molecule has 0 bridgehead atoms. The summed E-state index contributed by atoms with van der Waals surface area (Å²) >= 11 is 12.1. The highest BCUT2D eigenvalue weighted by Gasteiger charge is 2.13. The van der Waals surface area contributed by atoms with Gasteiger partial charge in [-0.3, -0.25) is 4.79 Å². The third-order valence-electron chi connectivity index (χ3n) is 3.40. The van der Waals surface area contributed by atoms with Gasteiger partial charge in [-0.2, -0.15) is 0 Å². The van der Waals surface area contributed by atoms with Gasteiger partial charge in [0.15, 0.2) is 6.61 Å². The minimum atomic E-state index is -0.625. The number of ether oxygens (including phenoxy) is 1. The van der Waals surface area contributed by atoms with Gasteiger partial charge >= 0.3 is 5.97 Å². The van der Waals surface area contributed by atoms with Crippen LogP contribution in [0.5, 0.6) is 0 Å². The van der Waals surface area contributed by atoms with Crippen LogP contribution in [0.1, 0.15) is 24.1 Å². The molecule has 0 fully saturated rings. The second kappa shape index (κ2) is 9.25. The van der Waals surface area contributed by atoms with Gasteiger partial charge in [-0.25, -0.2) is 4.79 Å². The standard InChI is InChI=1S/C19H17Cl2NO3/c1-13(15-7-3-5-9-17(15)21)22-18(23)12-25-19(24)11-10-14-6-2-4-8-16(14)20/h2-11,13H,12H2,1H3,(H,22,23)/b11-10+/t13-/m0/s1. The van der Waals surface area contributed by atoms with E-state index in [9.17, 15) is 9.59 Å². The van der Waals surface area contributed by atoms with Crippen molar-refractivity contribution in [2.24, 2.45) is 0 Å². The molecule has 1 amide bonds. The molecule has 0 aromatic heterocycles. The first kappa shape index (κ1) is 19.0. The van der Waals surface area contributed by atoms with Crippen LogP contribution in [-0.2, 0) is 14.3 Å². The Hall–Kier alpha value is -2.30. The van der Waals surface area contributed by atoms with E-state index in [-0.39, 0.29) is 12.6 Å². The lowest BCUT2D eigenvalue weighted by atomic mass is 10.1. The number of benzene rings is 2. The van der Waals surface area contributed by atoms with E-state index in [1.165, 1.54) is 12.2 Å². The Kier molecular flexibility index (Phi) is 7.04. The molecule has 1 atom stereocenters. The fraction of sp³-hybridized carbons (Fsp3) is 0.158. The van der Waals surface area contributed by atoms with Crippen molar-refractivity contribution in [2.45, 2.75) is 13.0 Å². The molecule has 0 unspecified atom stereocenters. The molecule has 0 heterocycles. The first-order valence-electron chi connectivity index (χ1n) is 7.60. The summed E-state index contributed by atoms with van der Waals surface area (Å²) in [7, 11) is 0. The van der Waals surface area contributed by atoms with Crippen molar-refractivity contribution in [1.29, 1.82) is 0 Å². The molecule has 0 saturated carbocycles. The summed E-state index contributed by atoms with van der Waals surface area (Å²) < 4.78 is 4.92. The number of nitrogens with one attached hydrogen (secondary N) is 1. The van der Waals surface area contributed by atoms with Crippen LogP contribution in [0, 0.1) is 0 Å². The Labute approximate surface area is 156 Å². The maximum Gasteiger partial charge on any atom is 0.331 e. The van der Waals surface area contributed by atoms with Crippen molar-refractivity contribution in [1.82, 2.24) is 5.32 Å². The van der Waals surface area contributed by atoms with Crippen LogP contribution < -0.4 is 5.32 Å². The summed E-state index contributed by atoms with van der Waals surface area (Å²) in [5.74, 6) is -1.03. The number of hydrogen-bond donors (Lipinski definition) is 1. The monoisotopic (exact) mass is 377 g/mol. The zero-order valence-electron chi connectivity index (χ0n) is 13.5. The van der Waals surface area contributed by atoms with Crippen LogP contribution in [0.25, 0.3) is 6.08 Å². The topological polar surface area (TPSA) is 55.4 Å². The molecule has 0 aliphatic rings. The number of halogens is 2. The van der Waals surface area contributed by atoms with E-state index in [4.69, 9.17) is 27.9 Å². The molecule has 0 aliphatic heterocycles. The molecule has 130 valence electrons. The maximum absolute atomic E-state index is 11.9. The minimum Gasteiger partial charge on any atom is -0.452 e. The van der Waals surface area contributed by atoms with Gasteiger partial charge in [-0.1, -0.05) is 59.6 Å². The van der Waals surface area contributed by atoms with Gasteiger partial charge < -0.3 is 10.1 Å². The van der Waals surface area contributed by atoms with E-state index >= 15 is 0 Å². The molecule has 1 N–H and O–H groups in total. The van der Waals surface area contributed by atoms with Crippen molar-refractivity contribution in [3.63, 3.8) is 0 Å². The van der Waals surface area contributed by atoms with Crippen LogP contribution in [0.15, 0.2) is 54.6 Å². The molecule has 0 aliphatic carbocycles. The number of carbonyl (C=O) groups is 2. The van der Waals surface area contributed by atoms with E-state index < -0.39 is 11.9 Å². The summed E-state index contributed by atoms with van der Waals surface area (Å²) in [6.45, 7) is 1.43. The van der Waals surface area contributed by atoms with Crippen molar-refractivity contribution in [2.75, 3.05) is 6.61 Å². The first-order chi connectivity index (χ1) is 12.0. The first-order valence-corrected chi connectivity index (χ1v) is 8.36. The second-order valence-corrected chi connectivity index (χ2v) is 6.09. The van der Waals surface area contributed by atoms with Gasteiger partial charge in [-0.05, 0) is 36.3 Å². The van der Waals surface area contributed by atoms with Crippen LogP contribution in [0.2, 0.25) is 10.0 Å². The van der Waals surface area contributed by atoms with Gasteiger partial charge in [0.05, 0.1) is 6.04 Å². The molecular formula is C19H17Cl2NO3. The molecule has 2 rings (SSSR count). The predicted octanol–water partition coefficient (Wildman–Crippen LogP) is 4.43. The van der Waals surface area contributed by atoms with Gasteiger partial charge in [-0.15, -0.1) is 0 Å². The summed E-state index contributed by atoms with van der Waals surface area (Å²) in [5, 5.41) is 3.82. The Morgan fingerprint density at radius 2 is 1.72 bits per heavy atom. The summed E-state index contributed by atoms with van der Waals surface area (Å²) in [5.41, 5.74) is 1.49. The van der Waals surface area contributed by atoms with E-state index in [1.54, 1.807) is 37.3 Å². The highest BCUT2D eigenvalue weighted by Crippen LogP contribution is 2.22. The molecule has 0 radical (unpaired) electrons. The minimum absolute atomic E-state index is 0.293. The number of carbonyl (C=O) groups excluding carboxylic acids is 2. The molecule has 0 spiro atoms. The van der Waals surface area contributed by atoms with Gasteiger partial charge in [0.2, 0.25) is 0 Å². The highest BCUT2D eigenvalue weighted by atomic mass is 35.5. The third kappa shape index (κ3) is 5.93. The lowest BCUT2D eigenvalue weighted by Crippen LogP contribution is -2.31.